The molecular formula is C23H33N7O2. The first-order valence-corrected chi connectivity index (χ1v) is 11.6. The van der Waals surface area contributed by atoms with Crippen LogP contribution in [0.2, 0.25) is 0 Å². The molecule has 0 unspecified atom stereocenters. The number of benzene rings is 1. The Kier molecular flexibility index (Phi) is 6.18. The highest BCUT2D eigenvalue weighted by Gasteiger charge is 2.26. The molecule has 1 saturated carbocycles. The molecule has 1 aromatic carbocycles. The third-order valence-corrected chi connectivity index (χ3v) is 6.58. The number of rotatable bonds is 5. The van der Waals surface area contributed by atoms with Gasteiger partial charge in [-0.1, -0.05) is 12.1 Å². The lowest BCUT2D eigenvalue weighted by atomic mass is 9.93. The van der Waals surface area contributed by atoms with Crippen molar-refractivity contribution in [3.8, 4) is 5.75 Å². The molecule has 0 amide bonds. The second-order valence-corrected chi connectivity index (χ2v) is 8.78. The molecule has 1 aliphatic carbocycles. The van der Waals surface area contributed by atoms with Gasteiger partial charge in [0.25, 0.3) is 0 Å². The number of guanidine groups is 1. The number of nitrogens with one attached hydrogen (secondary N) is 3. The zero-order valence-corrected chi connectivity index (χ0v) is 18.9. The number of hydrogen-bond acceptors (Lipinski definition) is 6. The molecule has 2 aromatic rings. The maximum atomic E-state index is 6.46. The first kappa shape index (κ1) is 21.1. The first-order valence-electron chi connectivity index (χ1n) is 11.6. The average Bonchev–Trinajstić information content (AvgIpc) is 3.30. The Bertz CT molecular complexity index is 946. The van der Waals surface area contributed by atoms with E-state index >= 15 is 0 Å². The van der Waals surface area contributed by atoms with Crippen LogP contribution in [0.3, 0.4) is 0 Å². The van der Waals surface area contributed by atoms with Gasteiger partial charge >= 0.3 is 0 Å². The molecule has 32 heavy (non-hydrogen) atoms. The average molecular weight is 440 g/mol. The number of nitrogens with zero attached hydrogens (tertiary/aromatic N) is 4. The number of anilines is 2. The predicted octanol–water partition coefficient (Wildman–Crippen LogP) is 2.70. The molecule has 9 nitrogen and oxygen atoms in total. The van der Waals surface area contributed by atoms with Crippen molar-refractivity contribution < 1.29 is 9.47 Å². The number of hydrogen-bond donors (Lipinski definition) is 3. The molecule has 0 radical (unpaired) electrons. The second kappa shape index (κ2) is 9.38. The fraction of sp³-hybridized carbons (Fsp3) is 0.565. The van der Waals surface area contributed by atoms with Crippen molar-refractivity contribution >= 4 is 23.4 Å². The summed E-state index contributed by atoms with van der Waals surface area (Å²) in [6, 6.07) is 6.90. The van der Waals surface area contributed by atoms with Crippen LogP contribution >= 0.6 is 0 Å². The first-order chi connectivity index (χ1) is 15.7. The number of ether oxygens (including phenoxy) is 2. The number of aromatic amines is 1. The number of H-pyrrole nitrogens is 1. The molecule has 9 heteroatoms. The number of aromatic nitrogens is 2. The maximum absolute atomic E-state index is 6.46. The van der Waals surface area contributed by atoms with Crippen LogP contribution in [0.15, 0.2) is 29.4 Å². The van der Waals surface area contributed by atoms with Crippen molar-refractivity contribution in [3.05, 3.63) is 30.0 Å². The molecule has 0 spiro atoms. The summed E-state index contributed by atoms with van der Waals surface area (Å²) in [6.07, 6.45) is 6.51. The van der Waals surface area contributed by atoms with E-state index in [1.54, 1.807) is 6.20 Å². The van der Waals surface area contributed by atoms with Gasteiger partial charge < -0.3 is 34.9 Å². The Morgan fingerprint density at radius 1 is 1.19 bits per heavy atom. The van der Waals surface area contributed by atoms with E-state index in [-0.39, 0.29) is 6.10 Å². The van der Waals surface area contributed by atoms with Crippen molar-refractivity contribution in [2.24, 2.45) is 4.99 Å². The summed E-state index contributed by atoms with van der Waals surface area (Å²) in [5.41, 5.74) is 2.24. The van der Waals surface area contributed by atoms with Crippen LogP contribution in [0.25, 0.3) is 0 Å². The van der Waals surface area contributed by atoms with Gasteiger partial charge in [0.05, 0.1) is 31.2 Å². The molecule has 1 aromatic heterocycles. The summed E-state index contributed by atoms with van der Waals surface area (Å²) < 4.78 is 11.9. The highest BCUT2D eigenvalue weighted by atomic mass is 16.5. The van der Waals surface area contributed by atoms with Crippen LogP contribution in [0.5, 0.6) is 5.75 Å². The van der Waals surface area contributed by atoms with Gasteiger partial charge in [-0.05, 0) is 44.4 Å². The minimum Gasteiger partial charge on any atom is -0.488 e. The molecule has 2 fully saturated rings. The summed E-state index contributed by atoms with van der Waals surface area (Å²) in [4.78, 5) is 17.0. The smallest absolute Gasteiger partial charge is 0.205 e. The summed E-state index contributed by atoms with van der Waals surface area (Å²) in [6.45, 7) is 3.91. The minimum absolute atomic E-state index is 0.261. The number of morpholine rings is 1. The van der Waals surface area contributed by atoms with E-state index < -0.39 is 0 Å². The fourth-order valence-corrected chi connectivity index (χ4v) is 4.66. The Labute approximate surface area is 189 Å². The van der Waals surface area contributed by atoms with Gasteiger partial charge in [0.1, 0.15) is 5.75 Å². The molecular weight excluding hydrogens is 406 g/mol. The van der Waals surface area contributed by atoms with Crippen molar-refractivity contribution in [2.75, 3.05) is 50.6 Å². The van der Waals surface area contributed by atoms with E-state index in [4.69, 9.17) is 14.5 Å². The maximum Gasteiger partial charge on any atom is 0.205 e. The van der Waals surface area contributed by atoms with Crippen LogP contribution in [0.4, 0.5) is 17.5 Å². The Morgan fingerprint density at radius 2 is 2.00 bits per heavy atom. The minimum atomic E-state index is 0.261. The van der Waals surface area contributed by atoms with Gasteiger partial charge in [-0.2, -0.15) is 4.99 Å². The molecule has 3 heterocycles. The highest BCUT2D eigenvalue weighted by molar-refractivity contribution is 5.98. The van der Waals surface area contributed by atoms with Crippen LogP contribution in [0.1, 0.15) is 31.2 Å². The van der Waals surface area contributed by atoms with E-state index in [1.807, 2.05) is 14.1 Å². The Morgan fingerprint density at radius 3 is 2.78 bits per heavy atom. The largest absolute Gasteiger partial charge is 0.488 e. The van der Waals surface area contributed by atoms with E-state index in [0.29, 0.717) is 6.04 Å². The lowest BCUT2D eigenvalue weighted by Gasteiger charge is -2.33. The Balaban J connectivity index is 1.32. The van der Waals surface area contributed by atoms with E-state index in [0.717, 1.165) is 87.7 Å². The van der Waals surface area contributed by atoms with Crippen LogP contribution < -0.4 is 20.3 Å². The Hall–Kier alpha value is -2.78. The predicted molar refractivity (Wildman–Crippen MR) is 126 cm³/mol. The van der Waals surface area contributed by atoms with Gasteiger partial charge in [0, 0.05) is 32.7 Å². The van der Waals surface area contributed by atoms with Gasteiger partial charge in [-0.25, -0.2) is 4.98 Å². The standard InChI is InChI=1S/C23H33N7O2/c1-24-17-6-8-18(9-7-17)32-19-5-3-4-16-15-29(2)23(28-21(16)19)27-20-14-25-22(26-20)30-10-12-31-13-11-30/h3-5,14,17-18,24H,6-13,15H2,1-2H3,(H,25,26)(H,27,28). The molecule has 1 saturated heterocycles. The lowest BCUT2D eigenvalue weighted by Crippen LogP contribution is -2.38. The number of para-hydroxylation sites is 1. The number of aliphatic imine (C=N–C) groups is 1. The van der Waals surface area contributed by atoms with Crippen LogP contribution in [0, 0.1) is 0 Å². The normalized spacial score (nSPS) is 24.9. The zero-order valence-electron chi connectivity index (χ0n) is 18.9. The topological polar surface area (TPSA) is 90.0 Å². The molecule has 5 rings (SSSR count). The second-order valence-electron chi connectivity index (χ2n) is 8.78. The monoisotopic (exact) mass is 439 g/mol. The molecule has 0 bridgehead atoms. The quantitative estimate of drug-likeness (QED) is 0.660. The van der Waals surface area contributed by atoms with Gasteiger partial charge in [-0.15, -0.1) is 0 Å². The summed E-state index contributed by atoms with van der Waals surface area (Å²) >= 11 is 0. The van der Waals surface area contributed by atoms with Crippen molar-refractivity contribution in [2.45, 2.75) is 44.4 Å². The molecule has 172 valence electrons. The summed E-state index contributed by atoms with van der Waals surface area (Å²) in [5.74, 6) is 3.26. The number of fused-ring (bicyclic) bond motifs is 1. The highest BCUT2D eigenvalue weighted by Crippen LogP contribution is 2.35. The fourth-order valence-electron chi connectivity index (χ4n) is 4.66. The van der Waals surface area contributed by atoms with Gasteiger partial charge in [-0.3, -0.25) is 0 Å². The zero-order chi connectivity index (χ0) is 21.9. The van der Waals surface area contributed by atoms with Crippen molar-refractivity contribution in [1.29, 1.82) is 0 Å². The molecule has 3 N–H and O–H groups in total. The number of imidazole rings is 1. The van der Waals surface area contributed by atoms with Crippen LogP contribution in [-0.4, -0.2) is 73.4 Å². The molecule has 2 aliphatic heterocycles. The summed E-state index contributed by atoms with van der Waals surface area (Å²) in [7, 11) is 4.09. The summed E-state index contributed by atoms with van der Waals surface area (Å²) in [5, 5.41) is 6.91. The van der Waals surface area contributed by atoms with E-state index in [9.17, 15) is 0 Å². The molecule has 3 aliphatic rings. The van der Waals surface area contributed by atoms with Crippen molar-refractivity contribution in [3.63, 3.8) is 0 Å². The third-order valence-electron chi connectivity index (χ3n) is 6.58. The van der Waals surface area contributed by atoms with Crippen molar-refractivity contribution in [1.82, 2.24) is 20.2 Å². The van der Waals surface area contributed by atoms with Gasteiger partial charge in [0.15, 0.2) is 5.82 Å². The van der Waals surface area contributed by atoms with E-state index in [1.165, 1.54) is 5.56 Å². The van der Waals surface area contributed by atoms with E-state index in [2.05, 4.69) is 48.6 Å². The lowest BCUT2D eigenvalue weighted by molar-refractivity contribution is 0.122. The van der Waals surface area contributed by atoms with Gasteiger partial charge in [0.2, 0.25) is 11.9 Å². The molecule has 0 atom stereocenters. The third kappa shape index (κ3) is 4.54. The van der Waals surface area contributed by atoms with Crippen LogP contribution in [-0.2, 0) is 11.3 Å². The SMILES string of the molecule is CNC1CCC(Oc2cccc3c2N/C(=N/c2cnc(N4CCOCC4)[nH]2)N(C)C3)CC1.